The summed E-state index contributed by atoms with van der Waals surface area (Å²) < 4.78 is 56.3. The number of nitrogens with one attached hydrogen (secondary N) is 1. The average Bonchev–Trinajstić information content (AvgIpc) is 3.44. The van der Waals surface area contributed by atoms with Gasteiger partial charge in [-0.05, 0) is 62.2 Å². The Bertz CT molecular complexity index is 1400. The van der Waals surface area contributed by atoms with Crippen molar-refractivity contribution in [2.45, 2.75) is 56.1 Å². The monoisotopic (exact) mass is 555 g/mol. The first-order valence-corrected chi connectivity index (χ1v) is 14.3. The number of para-hydroxylation sites is 1. The van der Waals surface area contributed by atoms with Crippen LogP contribution in [-0.2, 0) is 26.2 Å². The number of rotatable bonds is 10. The molecule has 0 aliphatic heterocycles. The van der Waals surface area contributed by atoms with E-state index in [0.717, 1.165) is 54.3 Å². The number of nitrogens with zero attached hydrogens (tertiary/aromatic N) is 2. The van der Waals surface area contributed by atoms with Crippen LogP contribution in [0.2, 0.25) is 0 Å². The first-order chi connectivity index (χ1) is 18.7. The molecule has 1 fully saturated rings. The predicted octanol–water partition coefficient (Wildman–Crippen LogP) is 4.64. The van der Waals surface area contributed by atoms with Crippen molar-refractivity contribution in [3.63, 3.8) is 0 Å². The van der Waals surface area contributed by atoms with Gasteiger partial charge in [0.1, 0.15) is 24.2 Å². The second-order valence-electron chi connectivity index (χ2n) is 9.58. The van der Waals surface area contributed by atoms with Crippen LogP contribution in [0, 0.1) is 11.6 Å². The molecule has 0 spiro atoms. The first kappa shape index (κ1) is 28.2. The molecular formula is C29H31F2N3O4S. The highest BCUT2D eigenvalue weighted by atomic mass is 32.2. The highest BCUT2D eigenvalue weighted by Crippen LogP contribution is 2.25. The minimum atomic E-state index is -4.30. The minimum absolute atomic E-state index is 0.00466. The molecule has 1 N–H and O–H groups in total. The summed E-state index contributed by atoms with van der Waals surface area (Å²) in [7, 11) is -4.30. The summed E-state index contributed by atoms with van der Waals surface area (Å²) in [6.45, 7) is 0.660. The molecule has 10 heteroatoms. The zero-order valence-corrected chi connectivity index (χ0v) is 22.4. The first-order valence-electron chi connectivity index (χ1n) is 12.8. The van der Waals surface area contributed by atoms with Gasteiger partial charge < -0.3 is 10.2 Å². The van der Waals surface area contributed by atoms with Gasteiger partial charge in [0.05, 0.1) is 10.6 Å². The zero-order chi connectivity index (χ0) is 28.0. The highest BCUT2D eigenvalue weighted by Gasteiger charge is 2.33. The van der Waals surface area contributed by atoms with Crippen molar-refractivity contribution >= 4 is 27.5 Å². The lowest BCUT2D eigenvalue weighted by molar-refractivity contribution is -0.139. The number of amides is 2. The number of hydrogen-bond acceptors (Lipinski definition) is 4. The van der Waals surface area contributed by atoms with Crippen LogP contribution in [0.25, 0.3) is 0 Å². The highest BCUT2D eigenvalue weighted by molar-refractivity contribution is 7.92. The molecule has 0 heterocycles. The normalized spacial score (nSPS) is 14.5. The third-order valence-electron chi connectivity index (χ3n) is 6.89. The maximum absolute atomic E-state index is 14.6. The second-order valence-corrected chi connectivity index (χ2v) is 11.4. The molecule has 1 aliphatic carbocycles. The van der Waals surface area contributed by atoms with Crippen LogP contribution in [0.4, 0.5) is 14.5 Å². The van der Waals surface area contributed by atoms with Crippen LogP contribution in [0.3, 0.4) is 0 Å². The van der Waals surface area contributed by atoms with Gasteiger partial charge in [0.2, 0.25) is 11.8 Å². The van der Waals surface area contributed by atoms with Gasteiger partial charge in [-0.15, -0.1) is 0 Å². The Morgan fingerprint density at radius 1 is 0.923 bits per heavy atom. The van der Waals surface area contributed by atoms with Crippen LogP contribution in [0.5, 0.6) is 0 Å². The Morgan fingerprint density at radius 2 is 1.54 bits per heavy atom. The third-order valence-corrected chi connectivity index (χ3v) is 8.68. The number of sulfonamides is 1. The van der Waals surface area contributed by atoms with Crippen molar-refractivity contribution in [1.82, 2.24) is 10.2 Å². The Balaban J connectivity index is 1.67. The van der Waals surface area contributed by atoms with E-state index in [4.69, 9.17) is 0 Å². The molecule has 39 heavy (non-hydrogen) atoms. The minimum Gasteiger partial charge on any atom is -0.352 e. The van der Waals surface area contributed by atoms with Crippen LogP contribution >= 0.6 is 0 Å². The zero-order valence-electron chi connectivity index (χ0n) is 21.6. The lowest BCUT2D eigenvalue weighted by Crippen LogP contribution is -2.52. The fourth-order valence-corrected chi connectivity index (χ4v) is 6.06. The Labute approximate surface area is 227 Å². The van der Waals surface area contributed by atoms with Gasteiger partial charge in [0.15, 0.2) is 0 Å². The number of carbonyl (C=O) groups is 2. The van der Waals surface area contributed by atoms with Gasteiger partial charge in [-0.3, -0.25) is 13.9 Å². The summed E-state index contributed by atoms with van der Waals surface area (Å²) in [5, 5.41) is 2.97. The molecule has 4 rings (SSSR count). The molecule has 1 unspecified atom stereocenters. The molecule has 206 valence electrons. The van der Waals surface area contributed by atoms with Gasteiger partial charge in [-0.25, -0.2) is 17.2 Å². The van der Waals surface area contributed by atoms with E-state index in [1.807, 2.05) is 0 Å². The SMILES string of the molecule is CC(C(=O)NC1CCCC1)N(Cc1ccccc1F)C(=O)CN(c1ccccc1)S(=O)(=O)c1ccc(F)cc1. The topological polar surface area (TPSA) is 86.8 Å². The van der Waals surface area contributed by atoms with E-state index in [-0.39, 0.29) is 34.6 Å². The van der Waals surface area contributed by atoms with Crippen LogP contribution in [-0.4, -0.2) is 43.8 Å². The standard InChI is InChI=1S/C29H31F2N3O4S/c1-21(29(36)32-24-10-6-7-11-24)33(19-22-9-5-8-14-27(22)31)28(35)20-34(25-12-3-2-4-13-25)39(37,38)26-17-15-23(30)16-18-26/h2-5,8-9,12-18,21,24H,6-7,10-11,19-20H2,1H3,(H,32,36). The van der Waals surface area contributed by atoms with Crippen molar-refractivity contribution in [2.75, 3.05) is 10.8 Å². The van der Waals surface area contributed by atoms with Gasteiger partial charge in [-0.2, -0.15) is 0 Å². The summed E-state index contributed by atoms with van der Waals surface area (Å²) >= 11 is 0. The number of anilines is 1. The molecule has 7 nitrogen and oxygen atoms in total. The fourth-order valence-electron chi connectivity index (χ4n) is 4.64. The van der Waals surface area contributed by atoms with Crippen LogP contribution < -0.4 is 9.62 Å². The number of carbonyl (C=O) groups excluding carboxylic acids is 2. The van der Waals surface area contributed by atoms with E-state index >= 15 is 0 Å². The Kier molecular flexibility index (Phi) is 8.96. The molecule has 1 saturated carbocycles. The molecule has 0 radical (unpaired) electrons. The lowest BCUT2D eigenvalue weighted by atomic mass is 10.1. The van der Waals surface area contributed by atoms with Crippen molar-refractivity contribution < 1.29 is 26.8 Å². The predicted molar refractivity (Wildman–Crippen MR) is 144 cm³/mol. The number of halogens is 2. The summed E-state index contributed by atoms with van der Waals surface area (Å²) in [5.74, 6) is -2.23. The van der Waals surface area contributed by atoms with E-state index in [0.29, 0.717) is 0 Å². The van der Waals surface area contributed by atoms with E-state index in [1.165, 1.54) is 35.2 Å². The van der Waals surface area contributed by atoms with Crippen molar-refractivity contribution in [3.8, 4) is 0 Å². The summed E-state index contributed by atoms with van der Waals surface area (Å²) in [5.41, 5.74) is 0.406. The number of benzene rings is 3. The summed E-state index contributed by atoms with van der Waals surface area (Å²) in [4.78, 5) is 28.0. The second kappa shape index (κ2) is 12.4. The van der Waals surface area contributed by atoms with Crippen molar-refractivity contribution in [3.05, 3.63) is 96.1 Å². The summed E-state index contributed by atoms with van der Waals surface area (Å²) in [6.07, 6.45) is 3.70. The van der Waals surface area contributed by atoms with Gasteiger partial charge in [0.25, 0.3) is 10.0 Å². The molecule has 0 bridgehead atoms. The van der Waals surface area contributed by atoms with Crippen LogP contribution in [0.15, 0.2) is 83.8 Å². The van der Waals surface area contributed by atoms with Gasteiger partial charge in [-0.1, -0.05) is 49.2 Å². The van der Waals surface area contributed by atoms with Gasteiger partial charge in [0, 0.05) is 18.2 Å². The molecule has 0 saturated heterocycles. The molecule has 3 aromatic rings. The maximum Gasteiger partial charge on any atom is 0.264 e. The molecule has 0 aromatic heterocycles. The summed E-state index contributed by atoms with van der Waals surface area (Å²) in [6, 6.07) is 17.3. The third kappa shape index (κ3) is 6.81. The largest absolute Gasteiger partial charge is 0.352 e. The molecule has 1 atom stereocenters. The van der Waals surface area contributed by atoms with Gasteiger partial charge >= 0.3 is 0 Å². The quantitative estimate of drug-likeness (QED) is 0.395. The Hall–Kier alpha value is -3.79. The van der Waals surface area contributed by atoms with E-state index < -0.39 is 40.2 Å². The van der Waals surface area contributed by atoms with Crippen molar-refractivity contribution in [2.24, 2.45) is 0 Å². The molecule has 3 aromatic carbocycles. The van der Waals surface area contributed by atoms with E-state index in [9.17, 15) is 26.8 Å². The van der Waals surface area contributed by atoms with Crippen molar-refractivity contribution in [1.29, 1.82) is 0 Å². The number of hydrogen-bond donors (Lipinski definition) is 1. The fraction of sp³-hybridized carbons (Fsp3) is 0.310. The molecule has 2 amide bonds. The molecule has 1 aliphatic rings. The van der Waals surface area contributed by atoms with E-state index in [2.05, 4.69) is 5.32 Å². The maximum atomic E-state index is 14.6. The molecular weight excluding hydrogens is 524 g/mol. The smallest absolute Gasteiger partial charge is 0.264 e. The Morgan fingerprint density at radius 3 is 2.18 bits per heavy atom. The van der Waals surface area contributed by atoms with Crippen LogP contribution in [0.1, 0.15) is 38.2 Å². The lowest BCUT2D eigenvalue weighted by Gasteiger charge is -2.32. The van der Waals surface area contributed by atoms with E-state index in [1.54, 1.807) is 31.2 Å². The average molecular weight is 556 g/mol.